The molecule has 17 heteroatoms. The molecule has 0 fully saturated rings. The van der Waals surface area contributed by atoms with Gasteiger partial charge in [0.25, 0.3) is 0 Å². The molecular formula is C40H74NO15S+2. The van der Waals surface area contributed by atoms with Crippen LogP contribution in [0.3, 0.4) is 0 Å². The summed E-state index contributed by atoms with van der Waals surface area (Å²) in [7, 11) is -4.03. The van der Waals surface area contributed by atoms with Gasteiger partial charge in [-0.3, -0.25) is 0 Å². The zero-order chi connectivity index (χ0) is 41.2. The van der Waals surface area contributed by atoms with Gasteiger partial charge in [-0.25, -0.2) is 0 Å². The normalized spacial score (nSPS) is 12.8. The van der Waals surface area contributed by atoms with Gasteiger partial charge in [-0.15, -0.1) is 4.18 Å². The van der Waals surface area contributed by atoms with E-state index in [0.29, 0.717) is 132 Å². The van der Waals surface area contributed by atoms with Crippen molar-refractivity contribution in [3.8, 4) is 5.75 Å². The highest BCUT2D eigenvalue weighted by molar-refractivity contribution is 7.88. The van der Waals surface area contributed by atoms with E-state index in [0.717, 1.165) is 17.7 Å². The molecule has 1 unspecified atom stereocenters. The second kappa shape index (κ2) is 41.1. The summed E-state index contributed by atoms with van der Waals surface area (Å²) >= 11 is 0. The number of hydrogen-bond donors (Lipinski definition) is 1. The minimum absolute atomic E-state index is 0.0885. The molecule has 333 valence electrons. The Morgan fingerprint density at radius 3 is 1.28 bits per heavy atom. The van der Waals surface area contributed by atoms with Crippen molar-refractivity contribution >= 4 is 16.9 Å². The lowest BCUT2D eigenvalue weighted by molar-refractivity contribution is -0.640. The third-order valence-electron chi connectivity index (χ3n) is 7.92. The Labute approximate surface area is 343 Å². The zero-order valence-electron chi connectivity index (χ0n) is 34.8. The van der Waals surface area contributed by atoms with E-state index < -0.39 is 10.8 Å². The van der Waals surface area contributed by atoms with Crippen molar-refractivity contribution in [1.82, 2.24) is 0 Å². The summed E-state index contributed by atoms with van der Waals surface area (Å²) in [6.45, 7) is 13.5. The predicted molar refractivity (Wildman–Crippen MR) is 215 cm³/mol. The van der Waals surface area contributed by atoms with Crippen LogP contribution in [0.25, 0.3) is 6.08 Å². The molecular weight excluding hydrogens is 766 g/mol. The molecule has 0 bridgehead atoms. The lowest BCUT2D eigenvalue weighted by Crippen LogP contribution is -2.53. The highest BCUT2D eigenvalue weighted by atomic mass is 32.3. The van der Waals surface area contributed by atoms with Crippen molar-refractivity contribution in [3.63, 3.8) is 0 Å². The molecule has 1 radical (unpaired) electrons. The number of hydrogen-bond acceptors (Lipinski definition) is 14. The van der Waals surface area contributed by atoms with Gasteiger partial charge in [-0.2, -0.15) is 5.90 Å². The van der Waals surface area contributed by atoms with Crippen LogP contribution >= 0.6 is 0 Å². The molecule has 0 saturated heterocycles. The predicted octanol–water partition coefficient (Wildman–Crippen LogP) is 4.42. The molecule has 0 aliphatic rings. The Kier molecular flexibility index (Phi) is 38.5. The van der Waals surface area contributed by atoms with E-state index in [1.54, 1.807) is 0 Å². The summed E-state index contributed by atoms with van der Waals surface area (Å²) in [6, 6.07) is 6.52. The first-order valence-corrected chi connectivity index (χ1v) is 21.8. The van der Waals surface area contributed by atoms with Gasteiger partial charge in [-0.1, -0.05) is 63.7 Å². The molecule has 1 aromatic carbocycles. The van der Waals surface area contributed by atoms with Gasteiger partial charge in [-0.05, 0) is 37.5 Å². The second-order valence-corrected chi connectivity index (χ2v) is 13.9. The van der Waals surface area contributed by atoms with Crippen LogP contribution in [-0.2, 0) is 81.8 Å². The first-order chi connectivity index (χ1) is 28.0. The van der Waals surface area contributed by atoms with Gasteiger partial charge in [0.2, 0.25) is 0 Å². The maximum Gasteiger partial charge on any atom is 0.597 e. The van der Waals surface area contributed by atoms with Crippen LogP contribution in [0.2, 0.25) is 0 Å². The first kappa shape index (κ1) is 53.4. The van der Waals surface area contributed by atoms with Crippen molar-refractivity contribution < 1.29 is 75.2 Å². The number of aryl methyl sites for hydroxylation is 1. The van der Waals surface area contributed by atoms with Crippen LogP contribution in [0, 0.1) is 0 Å². The number of allylic oxidation sites excluding steroid dienone is 1. The first-order valence-electron chi connectivity index (χ1n) is 20.5. The van der Waals surface area contributed by atoms with E-state index >= 15 is 0 Å². The monoisotopic (exact) mass is 840 g/mol. The summed E-state index contributed by atoms with van der Waals surface area (Å²) in [5.74, 6) is 3.67. The fourth-order valence-corrected chi connectivity index (χ4v) is 5.34. The van der Waals surface area contributed by atoms with Gasteiger partial charge in [0.15, 0.2) is 0 Å². The Hall–Kier alpha value is -1.65. The van der Waals surface area contributed by atoms with E-state index in [4.69, 9.17) is 52.1 Å². The molecule has 16 nitrogen and oxygen atoms in total. The Morgan fingerprint density at radius 2 is 0.895 bits per heavy atom. The van der Waals surface area contributed by atoms with Crippen LogP contribution in [0.1, 0.15) is 69.9 Å². The van der Waals surface area contributed by atoms with Crippen molar-refractivity contribution in [2.45, 2.75) is 65.2 Å². The van der Waals surface area contributed by atoms with Crippen LogP contribution in [0.5, 0.6) is 5.75 Å². The van der Waals surface area contributed by atoms with Crippen LogP contribution in [0.4, 0.5) is 0 Å². The van der Waals surface area contributed by atoms with E-state index in [1.165, 1.54) is 50.5 Å². The third-order valence-corrected chi connectivity index (χ3v) is 8.67. The molecule has 1 rings (SSSR count). The van der Waals surface area contributed by atoms with Gasteiger partial charge >= 0.3 is 10.8 Å². The maximum absolute atomic E-state index is 10.9. The largest absolute Gasteiger partial charge is 0.597 e. The van der Waals surface area contributed by atoms with Gasteiger partial charge in [0.05, 0.1) is 136 Å². The van der Waals surface area contributed by atoms with Crippen LogP contribution in [-0.4, -0.2) is 145 Å². The van der Waals surface area contributed by atoms with Crippen LogP contribution < -0.4 is 10.6 Å². The Morgan fingerprint density at radius 1 is 0.526 bits per heavy atom. The third kappa shape index (κ3) is 36.0. The summed E-state index contributed by atoms with van der Waals surface area (Å²) in [4.78, 5) is 0. The quantitative estimate of drug-likeness (QED) is 0.0553. The fourth-order valence-electron chi connectivity index (χ4n) is 5.00. The molecule has 0 aromatic heterocycles. The zero-order valence-corrected chi connectivity index (χ0v) is 35.7. The van der Waals surface area contributed by atoms with Gasteiger partial charge in [0.1, 0.15) is 23.5 Å². The Bertz CT molecular complexity index is 1090. The lowest BCUT2D eigenvalue weighted by atomic mass is 10.0. The molecule has 0 aliphatic carbocycles. The van der Waals surface area contributed by atoms with Crippen LogP contribution in [0.15, 0.2) is 24.3 Å². The topological polar surface area (TPSA) is 185 Å². The summed E-state index contributed by atoms with van der Waals surface area (Å²) < 4.78 is 90.8. The number of unbranched alkanes of at least 4 members (excludes halogenated alkanes) is 6. The van der Waals surface area contributed by atoms with Crippen molar-refractivity contribution in [1.29, 1.82) is 0 Å². The number of benzene rings is 1. The summed E-state index contributed by atoms with van der Waals surface area (Å²) in [5.41, 5.74) is 2.49. The molecule has 1 aromatic rings. The molecule has 0 amide bonds. The average molecular weight is 841 g/mol. The maximum atomic E-state index is 10.9. The molecule has 0 spiro atoms. The van der Waals surface area contributed by atoms with Gasteiger partial charge < -0.3 is 52.1 Å². The number of ether oxygens (including phenoxy) is 11. The smallest absolute Gasteiger partial charge is 0.491 e. The highest BCUT2D eigenvalue weighted by Gasteiger charge is 2.35. The van der Waals surface area contributed by atoms with Crippen molar-refractivity contribution in [2.24, 2.45) is 0 Å². The average Bonchev–Trinajstić information content (AvgIpc) is 3.21. The fraction of sp³-hybridized carbons (Fsp3) is 0.800. The van der Waals surface area contributed by atoms with E-state index in [1.807, 2.05) is 6.92 Å². The highest BCUT2D eigenvalue weighted by Crippen LogP contribution is 2.23. The van der Waals surface area contributed by atoms with E-state index in [-0.39, 0.29) is 13.2 Å². The molecule has 1 atom stereocenters. The van der Waals surface area contributed by atoms with Crippen molar-refractivity contribution in [3.05, 3.63) is 35.4 Å². The van der Waals surface area contributed by atoms with Crippen molar-refractivity contribution in [2.75, 3.05) is 145 Å². The molecule has 3 N–H and O–H groups in total. The second-order valence-electron chi connectivity index (χ2n) is 12.6. The summed E-state index contributed by atoms with van der Waals surface area (Å²) in [6.07, 6.45) is 14.5. The summed E-state index contributed by atoms with van der Waals surface area (Å²) in [5, 5.41) is 0. The number of rotatable bonds is 45. The SMILES string of the molecule is C/C=C/c1cc(CCCCCCCCC)ccc1OCCOCCOCCOCCOCCOCCOCCOCCOCCOCCOCCO[S+]([O])(=O)O[NH3+]. The minimum Gasteiger partial charge on any atom is -0.491 e. The molecule has 0 saturated carbocycles. The lowest BCUT2D eigenvalue weighted by Gasteiger charge is -2.12. The molecule has 0 heterocycles. The molecule has 0 aliphatic heterocycles. The molecule has 57 heavy (non-hydrogen) atoms. The standard InChI is InChI=1S/C40H74NO15S/c1-3-5-6-7-8-9-10-12-38-13-14-40(39(37-38)11-4-2)54-35-33-52-31-29-50-27-25-48-23-21-46-19-17-44-15-16-45-18-20-47-22-24-49-26-28-51-30-32-53-34-36-55-57(42,43)56-41/h4,11,13-14,37H,3,5-10,12,15-36H2,1-2,41H3/q+2/b11-4+. The number of quaternary nitrogens is 1. The van der Waals surface area contributed by atoms with E-state index in [2.05, 4.69) is 51.6 Å². The Balaban J connectivity index is 1.78. The minimum atomic E-state index is -4.03. The van der Waals surface area contributed by atoms with Gasteiger partial charge in [0, 0.05) is 9.77 Å². The van der Waals surface area contributed by atoms with E-state index in [9.17, 15) is 8.76 Å².